The number of rotatable bonds is 5. The van der Waals surface area contributed by atoms with Crippen molar-refractivity contribution in [1.82, 2.24) is 0 Å². The first-order valence-corrected chi connectivity index (χ1v) is 3.77. The second-order valence-corrected chi connectivity index (χ2v) is 2.60. The lowest BCUT2D eigenvalue weighted by atomic mass is 10.1. The van der Waals surface area contributed by atoms with Crippen molar-refractivity contribution in [3.63, 3.8) is 0 Å². The largest absolute Gasteiger partial charge is 0.392 e. The number of hydrogen-bond donors (Lipinski definition) is 1. The van der Waals surface area contributed by atoms with Gasteiger partial charge in [-0.15, -0.1) is 0 Å². The summed E-state index contributed by atoms with van der Waals surface area (Å²) in [6, 6.07) is 0. The molecule has 0 aromatic rings. The quantitative estimate of drug-likeness (QED) is 0.474. The highest BCUT2D eigenvalue weighted by Gasteiger charge is 1.88. The van der Waals surface area contributed by atoms with Gasteiger partial charge in [-0.05, 0) is 19.8 Å². The van der Waals surface area contributed by atoms with E-state index in [4.69, 9.17) is 5.11 Å². The van der Waals surface area contributed by atoms with E-state index in [0.29, 0.717) is 0 Å². The third-order valence-corrected chi connectivity index (χ3v) is 1.51. The van der Waals surface area contributed by atoms with Crippen LogP contribution in [0, 0.1) is 0 Å². The average molecular weight is 152 g/mol. The van der Waals surface area contributed by atoms with Crippen LogP contribution in [0.5, 0.6) is 0 Å². The van der Waals surface area contributed by atoms with Gasteiger partial charge in [-0.3, -0.25) is 0 Å². The minimum Gasteiger partial charge on any atom is -0.392 e. The van der Waals surface area contributed by atoms with Crippen LogP contribution in [0.15, 0.2) is 36.5 Å². The second-order valence-electron chi connectivity index (χ2n) is 2.60. The van der Waals surface area contributed by atoms with Gasteiger partial charge < -0.3 is 5.11 Å². The van der Waals surface area contributed by atoms with Crippen LogP contribution in [0.3, 0.4) is 0 Å². The van der Waals surface area contributed by atoms with E-state index in [2.05, 4.69) is 19.2 Å². The van der Waals surface area contributed by atoms with Gasteiger partial charge in [0.2, 0.25) is 0 Å². The van der Waals surface area contributed by atoms with Crippen molar-refractivity contribution in [2.24, 2.45) is 0 Å². The topological polar surface area (TPSA) is 20.2 Å². The van der Waals surface area contributed by atoms with E-state index in [1.54, 1.807) is 0 Å². The molecule has 62 valence electrons. The Balaban J connectivity index is 3.56. The van der Waals surface area contributed by atoms with Crippen LogP contribution in [0.25, 0.3) is 0 Å². The maximum Gasteiger partial charge on any atom is 0.0639 e. The molecule has 0 aliphatic heterocycles. The molecular weight excluding hydrogens is 136 g/mol. The van der Waals surface area contributed by atoms with Gasteiger partial charge in [0.25, 0.3) is 0 Å². The van der Waals surface area contributed by atoms with Gasteiger partial charge in [-0.2, -0.15) is 0 Å². The summed E-state index contributed by atoms with van der Waals surface area (Å²) in [6.07, 6.45) is 5.72. The molecule has 11 heavy (non-hydrogen) atoms. The van der Waals surface area contributed by atoms with Crippen molar-refractivity contribution in [2.75, 3.05) is 6.61 Å². The Morgan fingerprint density at radius 1 is 1.55 bits per heavy atom. The SMILES string of the molecule is C=C/C(C)=C/CCC(=C)CO. The zero-order valence-corrected chi connectivity index (χ0v) is 7.14. The summed E-state index contributed by atoms with van der Waals surface area (Å²) in [6.45, 7) is 9.44. The Morgan fingerprint density at radius 3 is 2.64 bits per heavy atom. The summed E-state index contributed by atoms with van der Waals surface area (Å²) in [5.74, 6) is 0. The average Bonchev–Trinajstić information content (AvgIpc) is 2.04. The Hall–Kier alpha value is -0.820. The fourth-order valence-electron chi connectivity index (χ4n) is 0.666. The molecule has 0 atom stereocenters. The van der Waals surface area contributed by atoms with Gasteiger partial charge in [0.15, 0.2) is 0 Å². The Kier molecular flexibility index (Phi) is 5.49. The minimum absolute atomic E-state index is 0.0982. The van der Waals surface area contributed by atoms with E-state index in [-0.39, 0.29) is 6.61 Å². The minimum atomic E-state index is 0.0982. The summed E-state index contributed by atoms with van der Waals surface area (Å²) in [4.78, 5) is 0. The standard InChI is InChI=1S/C10H16O/c1-4-9(2)6-5-7-10(3)8-11/h4,6,11H,1,3,5,7-8H2,2H3/b9-6+. The molecule has 0 heterocycles. The van der Waals surface area contributed by atoms with Gasteiger partial charge in [0, 0.05) is 0 Å². The van der Waals surface area contributed by atoms with Crippen LogP contribution in [0.4, 0.5) is 0 Å². The molecule has 0 bridgehead atoms. The fourth-order valence-corrected chi connectivity index (χ4v) is 0.666. The lowest BCUT2D eigenvalue weighted by molar-refractivity contribution is 0.327. The molecule has 0 saturated heterocycles. The van der Waals surface area contributed by atoms with Crippen LogP contribution in [-0.2, 0) is 0 Å². The number of aliphatic hydroxyl groups is 1. The summed E-state index contributed by atoms with van der Waals surface area (Å²) < 4.78 is 0. The first kappa shape index (κ1) is 10.2. The molecule has 0 spiro atoms. The predicted molar refractivity (Wildman–Crippen MR) is 49.4 cm³/mol. The van der Waals surface area contributed by atoms with Crippen molar-refractivity contribution < 1.29 is 5.11 Å². The van der Waals surface area contributed by atoms with Crippen LogP contribution in [0.1, 0.15) is 19.8 Å². The van der Waals surface area contributed by atoms with Crippen LogP contribution in [-0.4, -0.2) is 11.7 Å². The molecule has 0 amide bonds. The third kappa shape index (κ3) is 5.62. The van der Waals surface area contributed by atoms with Gasteiger partial charge in [0.05, 0.1) is 6.61 Å². The molecule has 0 fully saturated rings. The van der Waals surface area contributed by atoms with E-state index in [9.17, 15) is 0 Å². The molecule has 1 heteroatoms. The molecule has 0 rings (SSSR count). The van der Waals surface area contributed by atoms with E-state index in [1.807, 2.05) is 13.0 Å². The van der Waals surface area contributed by atoms with Crippen LogP contribution < -0.4 is 0 Å². The van der Waals surface area contributed by atoms with Crippen molar-refractivity contribution in [3.8, 4) is 0 Å². The molecule has 0 aromatic heterocycles. The summed E-state index contributed by atoms with van der Waals surface area (Å²) in [7, 11) is 0. The molecular formula is C10H16O. The van der Waals surface area contributed by atoms with E-state index in [0.717, 1.165) is 18.4 Å². The zero-order valence-electron chi connectivity index (χ0n) is 7.14. The highest BCUT2D eigenvalue weighted by Crippen LogP contribution is 2.04. The predicted octanol–water partition coefficient (Wildman–Crippen LogP) is 2.45. The number of hydrogen-bond acceptors (Lipinski definition) is 1. The Morgan fingerprint density at radius 2 is 2.18 bits per heavy atom. The van der Waals surface area contributed by atoms with Crippen LogP contribution >= 0.6 is 0 Å². The van der Waals surface area contributed by atoms with E-state index < -0.39 is 0 Å². The van der Waals surface area contributed by atoms with E-state index in [1.165, 1.54) is 5.57 Å². The molecule has 1 N–H and O–H groups in total. The maximum absolute atomic E-state index is 8.62. The zero-order chi connectivity index (χ0) is 8.69. The molecule has 0 unspecified atom stereocenters. The summed E-state index contributed by atoms with van der Waals surface area (Å²) in [5, 5.41) is 8.62. The van der Waals surface area contributed by atoms with Gasteiger partial charge in [-0.25, -0.2) is 0 Å². The fraction of sp³-hybridized carbons (Fsp3) is 0.400. The molecule has 0 saturated carbocycles. The molecule has 0 aromatic carbocycles. The maximum atomic E-state index is 8.62. The summed E-state index contributed by atoms with van der Waals surface area (Å²) in [5.41, 5.74) is 2.06. The number of allylic oxidation sites excluding steroid dienone is 3. The lowest BCUT2D eigenvalue weighted by Gasteiger charge is -1.97. The summed E-state index contributed by atoms with van der Waals surface area (Å²) >= 11 is 0. The first-order valence-electron chi connectivity index (χ1n) is 3.77. The molecule has 0 aliphatic carbocycles. The monoisotopic (exact) mass is 152 g/mol. The van der Waals surface area contributed by atoms with Crippen molar-refractivity contribution >= 4 is 0 Å². The van der Waals surface area contributed by atoms with Gasteiger partial charge in [-0.1, -0.05) is 36.5 Å². The van der Waals surface area contributed by atoms with Gasteiger partial charge >= 0.3 is 0 Å². The van der Waals surface area contributed by atoms with Crippen molar-refractivity contribution in [3.05, 3.63) is 36.5 Å². The number of aliphatic hydroxyl groups excluding tert-OH is 1. The molecule has 1 nitrogen and oxygen atoms in total. The molecule has 0 radical (unpaired) electrons. The highest BCUT2D eigenvalue weighted by atomic mass is 16.3. The normalized spacial score (nSPS) is 11.3. The Labute approximate surface area is 68.7 Å². The van der Waals surface area contributed by atoms with Crippen molar-refractivity contribution in [1.29, 1.82) is 0 Å². The first-order chi connectivity index (χ1) is 5.20. The Bertz CT molecular complexity index is 166. The van der Waals surface area contributed by atoms with E-state index >= 15 is 0 Å². The second kappa shape index (κ2) is 5.93. The third-order valence-electron chi connectivity index (χ3n) is 1.51. The van der Waals surface area contributed by atoms with Crippen molar-refractivity contribution in [2.45, 2.75) is 19.8 Å². The lowest BCUT2D eigenvalue weighted by Crippen LogP contribution is -1.86. The smallest absolute Gasteiger partial charge is 0.0639 e. The molecule has 0 aliphatic rings. The van der Waals surface area contributed by atoms with Gasteiger partial charge in [0.1, 0.15) is 0 Å². The van der Waals surface area contributed by atoms with Crippen LogP contribution in [0.2, 0.25) is 0 Å². The highest BCUT2D eigenvalue weighted by molar-refractivity contribution is 5.13.